The molecule has 0 unspecified atom stereocenters. The molecule has 0 aliphatic rings. The van der Waals surface area contributed by atoms with Gasteiger partial charge in [0.15, 0.2) is 16.5 Å². The molecule has 0 saturated heterocycles. The van der Waals surface area contributed by atoms with E-state index in [4.69, 9.17) is 17.6 Å². The number of aromatic nitrogens is 3. The second kappa shape index (κ2) is 9.76. The highest BCUT2D eigenvalue weighted by Gasteiger charge is 2.28. The van der Waals surface area contributed by atoms with Gasteiger partial charge in [0.2, 0.25) is 5.69 Å². The van der Waals surface area contributed by atoms with Gasteiger partial charge < -0.3 is 5.73 Å². The number of nitrogens with zero attached hydrogens (tertiary/aromatic N) is 6. The number of nitrogen functional groups attached to an aromatic ring is 1. The molecule has 0 aliphatic heterocycles. The molecule has 180 valence electrons. The largest absolute Gasteiger partial charge is 0.382 e. The molecule has 16 heteroatoms. The Kier molecular flexibility index (Phi) is 7.38. The topological polar surface area (TPSA) is 179 Å². The van der Waals surface area contributed by atoms with E-state index in [1.807, 2.05) is 20.8 Å². The Balaban J connectivity index is 2.24. The lowest BCUT2D eigenvalue weighted by atomic mass is 9.91. The van der Waals surface area contributed by atoms with Crippen molar-refractivity contribution in [1.29, 1.82) is 0 Å². The van der Waals surface area contributed by atoms with Crippen molar-refractivity contribution in [2.45, 2.75) is 42.9 Å². The highest BCUT2D eigenvalue weighted by atomic mass is 32.2. The minimum atomic E-state index is -4.56. The molecule has 0 bridgehead atoms. The van der Waals surface area contributed by atoms with Crippen LogP contribution in [-0.4, -0.2) is 32.4 Å². The molecule has 13 nitrogen and oxygen atoms in total. The maximum absolute atomic E-state index is 11.7. The van der Waals surface area contributed by atoms with Crippen molar-refractivity contribution < 1.29 is 27.6 Å². The molecule has 0 fully saturated rings. The summed E-state index contributed by atoms with van der Waals surface area (Å²) >= 11 is 1.57. The summed E-state index contributed by atoms with van der Waals surface area (Å²) in [5.74, 6) is -0.00136. The third kappa shape index (κ3) is 5.26. The van der Waals surface area contributed by atoms with Gasteiger partial charge in [0.1, 0.15) is 0 Å². The van der Waals surface area contributed by atoms with Crippen molar-refractivity contribution in [3.63, 3.8) is 0 Å². The monoisotopic (exact) mass is 525 g/mol. The summed E-state index contributed by atoms with van der Waals surface area (Å²) in [6, 6.07) is 3.56. The predicted octanol–water partition coefficient (Wildman–Crippen LogP) is 5.16. The van der Waals surface area contributed by atoms with Crippen LogP contribution in [0.5, 0.6) is 0 Å². The average Bonchev–Trinajstić information content (AvgIpc) is 3.28. The minimum absolute atomic E-state index is 0.00136. The number of hydrogen-bond donors (Lipinski definition) is 3. The third-order valence-corrected chi connectivity index (χ3v) is 6.70. The molecular formula is C18H19N7O6S3. The molecule has 34 heavy (non-hydrogen) atoms. The van der Waals surface area contributed by atoms with Crippen molar-refractivity contribution in [3.8, 4) is 5.69 Å². The van der Waals surface area contributed by atoms with Gasteiger partial charge >= 0.3 is 0 Å². The van der Waals surface area contributed by atoms with Crippen molar-refractivity contribution >= 4 is 55.9 Å². The van der Waals surface area contributed by atoms with Gasteiger partial charge in [-0.1, -0.05) is 25.8 Å². The van der Waals surface area contributed by atoms with Gasteiger partial charge in [-0.25, -0.2) is 19.2 Å². The molecular weight excluding hydrogens is 506 g/mol. The Hall–Kier alpha value is -2.91. The van der Waals surface area contributed by atoms with Gasteiger partial charge in [-0.15, -0.1) is 14.6 Å². The average molecular weight is 526 g/mol. The van der Waals surface area contributed by atoms with Crippen LogP contribution in [0.1, 0.15) is 32.2 Å². The van der Waals surface area contributed by atoms with E-state index < -0.39 is 20.4 Å². The SMILES string of the molecule is [C-]#[N+]c1c(C)nsc1N=Nc1c(C(C)(C)C)nn(-c2cc(S(=O)(=O)O)ccc2SOOO)c1N. The van der Waals surface area contributed by atoms with Crippen LogP contribution in [0.2, 0.25) is 0 Å². The van der Waals surface area contributed by atoms with E-state index in [0.29, 0.717) is 28.4 Å². The van der Waals surface area contributed by atoms with Crippen LogP contribution in [-0.2, 0) is 24.9 Å². The number of rotatable bonds is 7. The smallest absolute Gasteiger partial charge is 0.294 e. The van der Waals surface area contributed by atoms with Crippen LogP contribution in [0.4, 0.5) is 22.2 Å². The number of hydrogen-bond acceptors (Lipinski definition) is 12. The first kappa shape index (κ1) is 25.7. The summed E-state index contributed by atoms with van der Waals surface area (Å²) in [5, 5.41) is 25.4. The van der Waals surface area contributed by atoms with Gasteiger partial charge in [0.05, 0.1) is 45.5 Å². The first-order valence-electron chi connectivity index (χ1n) is 9.29. The summed E-state index contributed by atoms with van der Waals surface area (Å²) in [6.45, 7) is 14.6. The maximum Gasteiger partial charge on any atom is 0.294 e. The van der Waals surface area contributed by atoms with Crippen LogP contribution in [0, 0.1) is 13.5 Å². The lowest BCUT2D eigenvalue weighted by Crippen LogP contribution is -2.13. The zero-order chi connectivity index (χ0) is 25.3. The number of nitrogens with two attached hydrogens (primary N) is 1. The molecule has 0 radical (unpaired) electrons. The molecule has 0 saturated carbocycles. The number of azo groups is 1. The first-order chi connectivity index (χ1) is 15.9. The molecule has 4 N–H and O–H groups in total. The van der Waals surface area contributed by atoms with Gasteiger partial charge in [0.25, 0.3) is 10.1 Å². The molecule has 0 spiro atoms. The quantitative estimate of drug-likeness (QED) is 0.0931. The van der Waals surface area contributed by atoms with Crippen LogP contribution < -0.4 is 5.73 Å². The molecule has 3 aromatic rings. The molecule has 1 aromatic carbocycles. The molecule has 0 aliphatic carbocycles. The second-order valence-electron chi connectivity index (χ2n) is 7.81. The van der Waals surface area contributed by atoms with Gasteiger partial charge in [-0.3, -0.25) is 4.55 Å². The predicted molar refractivity (Wildman–Crippen MR) is 124 cm³/mol. The molecule has 0 amide bonds. The van der Waals surface area contributed by atoms with Crippen LogP contribution in [0.15, 0.2) is 38.2 Å². The van der Waals surface area contributed by atoms with Gasteiger partial charge in [0, 0.05) is 5.41 Å². The van der Waals surface area contributed by atoms with Crippen LogP contribution in [0.3, 0.4) is 0 Å². The molecule has 3 rings (SSSR count). The highest BCUT2D eigenvalue weighted by Crippen LogP contribution is 2.42. The lowest BCUT2D eigenvalue weighted by molar-refractivity contribution is -0.432. The van der Waals surface area contributed by atoms with E-state index >= 15 is 0 Å². The van der Waals surface area contributed by atoms with E-state index in [0.717, 1.165) is 23.7 Å². The fraction of sp³-hybridized carbons (Fsp3) is 0.278. The number of anilines is 1. The summed E-state index contributed by atoms with van der Waals surface area (Å²) in [7, 11) is -4.56. The van der Waals surface area contributed by atoms with Crippen molar-refractivity contribution in [1.82, 2.24) is 14.2 Å². The number of aryl methyl sites for hydroxylation is 1. The summed E-state index contributed by atoms with van der Waals surface area (Å²) in [6.07, 6.45) is 0. The van der Waals surface area contributed by atoms with Gasteiger partial charge in [-0.05, 0) is 36.7 Å². The normalized spacial score (nSPS) is 12.4. The van der Waals surface area contributed by atoms with E-state index in [2.05, 4.69) is 33.9 Å². The lowest BCUT2D eigenvalue weighted by Gasteiger charge is -2.15. The van der Waals surface area contributed by atoms with Crippen LogP contribution >= 0.6 is 23.6 Å². The van der Waals surface area contributed by atoms with Gasteiger partial charge in [-0.2, -0.15) is 13.5 Å². The van der Waals surface area contributed by atoms with E-state index in [9.17, 15) is 13.0 Å². The molecule has 2 heterocycles. The van der Waals surface area contributed by atoms with Crippen molar-refractivity contribution in [2.24, 2.45) is 10.2 Å². The van der Waals surface area contributed by atoms with Crippen molar-refractivity contribution in [2.75, 3.05) is 5.73 Å². The van der Waals surface area contributed by atoms with Crippen LogP contribution in [0.25, 0.3) is 10.5 Å². The zero-order valence-electron chi connectivity index (χ0n) is 18.2. The minimum Gasteiger partial charge on any atom is -0.382 e. The Morgan fingerprint density at radius 2 is 2.03 bits per heavy atom. The Morgan fingerprint density at radius 3 is 2.62 bits per heavy atom. The fourth-order valence-electron chi connectivity index (χ4n) is 2.80. The van der Waals surface area contributed by atoms with Crippen molar-refractivity contribution in [3.05, 3.63) is 41.0 Å². The first-order valence-corrected chi connectivity index (χ1v) is 12.2. The summed E-state index contributed by atoms with van der Waals surface area (Å²) in [4.78, 5) is 3.25. The number of benzene rings is 1. The fourth-order valence-corrected chi connectivity index (χ4v) is 4.42. The Bertz CT molecular complexity index is 1400. The second-order valence-corrected chi connectivity index (χ2v) is 10.7. The summed E-state index contributed by atoms with van der Waals surface area (Å²) in [5.41, 5.74) is 7.31. The molecule has 0 atom stereocenters. The third-order valence-electron chi connectivity index (χ3n) is 4.38. The highest BCUT2D eigenvalue weighted by molar-refractivity contribution is 7.94. The standard InChI is InChI=1S/C18H19N7O6S3/c1-9-13(20-5)17(32-24-9)22-21-14-15(18(2,3)4)23-25(16(14)19)11-8-10(34(27,28)29)6-7-12(11)33-31-30-26/h6-8,26H,19H2,1-4H3,(H,27,28,29). The van der Waals surface area contributed by atoms with E-state index in [1.54, 1.807) is 6.92 Å². The van der Waals surface area contributed by atoms with E-state index in [-0.39, 0.29) is 27.8 Å². The summed E-state index contributed by atoms with van der Waals surface area (Å²) < 4.78 is 42.7. The Labute approximate surface area is 203 Å². The zero-order valence-corrected chi connectivity index (χ0v) is 20.7. The molecule has 2 aromatic heterocycles. The maximum atomic E-state index is 11.7. The van der Waals surface area contributed by atoms with E-state index in [1.165, 1.54) is 10.7 Å². The Morgan fingerprint density at radius 1 is 1.32 bits per heavy atom.